The van der Waals surface area contributed by atoms with Gasteiger partial charge in [-0.1, -0.05) is 36.2 Å². The van der Waals surface area contributed by atoms with E-state index in [-0.39, 0.29) is 19.0 Å². The number of oxime groups is 1. The molecule has 0 aliphatic heterocycles. The first-order chi connectivity index (χ1) is 9.24. The van der Waals surface area contributed by atoms with Crippen LogP contribution in [-0.2, 0) is 14.4 Å². The fourth-order valence-electron chi connectivity index (χ4n) is 1.20. The summed E-state index contributed by atoms with van der Waals surface area (Å²) in [6.07, 6.45) is 3.56. The molecule has 5 heteroatoms. The van der Waals surface area contributed by atoms with Crippen molar-refractivity contribution in [2.75, 3.05) is 13.2 Å². The topological polar surface area (TPSA) is 47.9 Å². The van der Waals surface area contributed by atoms with Gasteiger partial charge in [0.25, 0.3) is 0 Å². The third-order valence-electron chi connectivity index (χ3n) is 2.27. The van der Waals surface area contributed by atoms with Crippen LogP contribution in [0.4, 0.5) is 0 Å². The number of unbranched alkanes of at least 4 members (excludes halogenated alkanes) is 1. The summed E-state index contributed by atoms with van der Waals surface area (Å²) in [4.78, 5) is 16.2. The van der Waals surface area contributed by atoms with Crippen LogP contribution in [0, 0.1) is 6.07 Å². The summed E-state index contributed by atoms with van der Waals surface area (Å²) in [6, 6.07) is 8.02. The fourth-order valence-corrected chi connectivity index (χ4v) is 1.37. The number of esters is 1. The van der Waals surface area contributed by atoms with Crippen molar-refractivity contribution in [1.29, 1.82) is 0 Å². The van der Waals surface area contributed by atoms with E-state index in [9.17, 15) is 4.79 Å². The second-order valence-electron chi connectivity index (χ2n) is 3.84. The molecule has 103 valence electrons. The number of carbonyl (C=O) groups is 1. The van der Waals surface area contributed by atoms with E-state index in [2.05, 4.69) is 11.2 Å². The molecular formula is C14H17ClNO3. The van der Waals surface area contributed by atoms with E-state index in [0.717, 1.165) is 18.4 Å². The normalized spacial score (nSPS) is 10.6. The van der Waals surface area contributed by atoms with Gasteiger partial charge >= 0.3 is 5.97 Å². The molecule has 19 heavy (non-hydrogen) atoms. The summed E-state index contributed by atoms with van der Waals surface area (Å²) in [5.74, 6) is -0.269. The molecule has 0 amide bonds. The molecule has 1 radical (unpaired) electrons. The van der Waals surface area contributed by atoms with E-state index < -0.39 is 0 Å². The highest BCUT2D eigenvalue weighted by atomic mass is 35.5. The van der Waals surface area contributed by atoms with Crippen LogP contribution >= 0.6 is 11.6 Å². The molecule has 4 nitrogen and oxygen atoms in total. The van der Waals surface area contributed by atoms with Crippen LogP contribution in [0.3, 0.4) is 0 Å². The van der Waals surface area contributed by atoms with E-state index in [1.54, 1.807) is 18.2 Å². The van der Waals surface area contributed by atoms with Crippen LogP contribution in [0.25, 0.3) is 0 Å². The molecular weight excluding hydrogens is 266 g/mol. The lowest BCUT2D eigenvalue weighted by molar-refractivity contribution is -0.144. The highest BCUT2D eigenvalue weighted by Gasteiger charge is 2.02. The second kappa shape index (κ2) is 9.39. The minimum absolute atomic E-state index is 0.190. The summed E-state index contributed by atoms with van der Waals surface area (Å²) in [7, 11) is 0. The van der Waals surface area contributed by atoms with Crippen molar-refractivity contribution in [3.8, 4) is 0 Å². The lowest BCUT2D eigenvalue weighted by Gasteiger charge is -2.02. The molecule has 0 atom stereocenters. The molecule has 0 aromatic heterocycles. The Bertz CT molecular complexity index is 421. The largest absolute Gasteiger partial charge is 0.466 e. The van der Waals surface area contributed by atoms with Crippen molar-refractivity contribution < 1.29 is 14.4 Å². The zero-order valence-electron chi connectivity index (χ0n) is 10.9. The molecule has 1 aromatic carbocycles. The Kier molecular flexibility index (Phi) is 7.66. The van der Waals surface area contributed by atoms with Crippen molar-refractivity contribution in [3.05, 3.63) is 34.9 Å². The van der Waals surface area contributed by atoms with Crippen LogP contribution in [0.15, 0.2) is 23.4 Å². The van der Waals surface area contributed by atoms with Gasteiger partial charge in [-0.25, -0.2) is 0 Å². The maximum Gasteiger partial charge on any atom is 0.309 e. The molecule has 0 fully saturated rings. The fraction of sp³-hybridized carbons (Fsp3) is 0.429. The predicted octanol–water partition coefficient (Wildman–Crippen LogP) is 3.22. The van der Waals surface area contributed by atoms with Crippen molar-refractivity contribution in [2.24, 2.45) is 5.16 Å². The van der Waals surface area contributed by atoms with E-state index in [0.29, 0.717) is 11.6 Å². The van der Waals surface area contributed by atoms with Crippen molar-refractivity contribution in [2.45, 2.75) is 26.2 Å². The average molecular weight is 283 g/mol. The monoisotopic (exact) mass is 282 g/mol. The van der Waals surface area contributed by atoms with Gasteiger partial charge in [0.1, 0.15) is 6.61 Å². The van der Waals surface area contributed by atoms with Crippen molar-refractivity contribution in [1.82, 2.24) is 0 Å². The SMILES string of the molecule is CCCCOC(=O)CCO/N=C/c1c[c]ccc1Cl. The Labute approximate surface area is 118 Å². The number of rotatable bonds is 8. The summed E-state index contributed by atoms with van der Waals surface area (Å²) in [5.41, 5.74) is 0.717. The smallest absolute Gasteiger partial charge is 0.309 e. The van der Waals surface area contributed by atoms with E-state index in [1.807, 2.05) is 6.92 Å². The summed E-state index contributed by atoms with van der Waals surface area (Å²) in [5, 5.41) is 4.31. The number of hydrogen-bond acceptors (Lipinski definition) is 4. The Balaban J connectivity index is 2.17. The lowest BCUT2D eigenvalue weighted by Crippen LogP contribution is -2.08. The van der Waals surface area contributed by atoms with Gasteiger partial charge in [0.05, 0.1) is 19.2 Å². The predicted molar refractivity (Wildman–Crippen MR) is 74.3 cm³/mol. The number of ether oxygens (including phenoxy) is 1. The summed E-state index contributed by atoms with van der Waals surface area (Å²) in [6.45, 7) is 2.70. The molecule has 0 spiro atoms. The van der Waals surface area contributed by atoms with Gasteiger partial charge in [-0.05, 0) is 24.6 Å². The second-order valence-corrected chi connectivity index (χ2v) is 4.25. The molecule has 0 aliphatic rings. The summed E-state index contributed by atoms with van der Waals surface area (Å²) >= 11 is 5.92. The summed E-state index contributed by atoms with van der Waals surface area (Å²) < 4.78 is 4.97. The average Bonchev–Trinajstić information content (AvgIpc) is 2.41. The standard InChI is InChI=1S/C14H17ClNO3/c1-2-3-9-18-14(17)8-10-19-16-11-12-6-4-5-7-13(12)15/h5-7,11H,2-3,8-10H2,1H3/b16-11+. The Morgan fingerprint density at radius 3 is 3.11 bits per heavy atom. The van der Waals surface area contributed by atoms with Gasteiger partial charge in [-0.15, -0.1) is 0 Å². The van der Waals surface area contributed by atoms with Gasteiger partial charge in [0.15, 0.2) is 0 Å². The molecule has 0 N–H and O–H groups in total. The Hall–Kier alpha value is -1.55. The number of nitrogens with zero attached hydrogens (tertiary/aromatic N) is 1. The molecule has 0 saturated carbocycles. The van der Waals surface area contributed by atoms with Gasteiger partial charge in [0.2, 0.25) is 0 Å². The van der Waals surface area contributed by atoms with Crippen molar-refractivity contribution >= 4 is 23.8 Å². The van der Waals surface area contributed by atoms with Crippen LogP contribution in [0.5, 0.6) is 0 Å². The van der Waals surface area contributed by atoms with Gasteiger partial charge in [-0.2, -0.15) is 0 Å². The molecule has 1 rings (SSSR count). The van der Waals surface area contributed by atoms with Gasteiger partial charge in [-0.3, -0.25) is 4.79 Å². The first-order valence-electron chi connectivity index (χ1n) is 6.20. The van der Waals surface area contributed by atoms with Crippen molar-refractivity contribution in [3.63, 3.8) is 0 Å². The number of hydrogen-bond donors (Lipinski definition) is 0. The minimum atomic E-state index is -0.269. The van der Waals surface area contributed by atoms with Crippen LogP contribution in [0.1, 0.15) is 31.7 Å². The molecule has 0 bridgehead atoms. The molecule has 0 saturated heterocycles. The first-order valence-corrected chi connectivity index (χ1v) is 6.58. The number of carbonyl (C=O) groups excluding carboxylic acids is 1. The van der Waals surface area contributed by atoms with E-state index >= 15 is 0 Å². The lowest BCUT2D eigenvalue weighted by atomic mass is 10.2. The van der Waals surface area contributed by atoms with Gasteiger partial charge in [0, 0.05) is 10.6 Å². The molecule has 0 unspecified atom stereocenters. The Morgan fingerprint density at radius 1 is 1.53 bits per heavy atom. The molecule has 0 heterocycles. The van der Waals surface area contributed by atoms with E-state index in [1.165, 1.54) is 6.21 Å². The zero-order valence-corrected chi connectivity index (χ0v) is 11.7. The highest BCUT2D eigenvalue weighted by Crippen LogP contribution is 2.11. The maximum atomic E-state index is 11.2. The van der Waals surface area contributed by atoms with Crippen LogP contribution < -0.4 is 0 Å². The Morgan fingerprint density at radius 2 is 2.37 bits per heavy atom. The van der Waals surface area contributed by atoms with Gasteiger partial charge < -0.3 is 9.57 Å². The quantitative estimate of drug-likeness (QED) is 0.318. The minimum Gasteiger partial charge on any atom is -0.466 e. The third kappa shape index (κ3) is 6.82. The number of halogens is 1. The maximum absolute atomic E-state index is 11.2. The molecule has 0 aliphatic carbocycles. The van der Waals surface area contributed by atoms with Crippen LogP contribution in [-0.4, -0.2) is 25.4 Å². The zero-order chi connectivity index (χ0) is 13.9. The van der Waals surface area contributed by atoms with E-state index in [4.69, 9.17) is 21.2 Å². The van der Waals surface area contributed by atoms with Crippen LogP contribution in [0.2, 0.25) is 5.02 Å². The number of benzene rings is 1. The molecule has 1 aromatic rings. The third-order valence-corrected chi connectivity index (χ3v) is 2.61. The first kappa shape index (κ1) is 15.5. The highest BCUT2D eigenvalue weighted by molar-refractivity contribution is 6.33.